The van der Waals surface area contributed by atoms with Crippen molar-refractivity contribution in [1.82, 2.24) is 4.31 Å². The van der Waals surface area contributed by atoms with Crippen LogP contribution in [0.15, 0.2) is 66.7 Å². The summed E-state index contributed by atoms with van der Waals surface area (Å²) in [6, 6.07) is 16.7. The summed E-state index contributed by atoms with van der Waals surface area (Å²) in [6.45, 7) is -0.115. The molecule has 0 aliphatic heterocycles. The number of benzene rings is 3. The third-order valence-corrected chi connectivity index (χ3v) is 7.13. The Morgan fingerprint density at radius 2 is 1.62 bits per heavy atom. The minimum absolute atomic E-state index is 0.0670. The van der Waals surface area contributed by atoms with Crippen molar-refractivity contribution < 1.29 is 17.6 Å². The van der Waals surface area contributed by atoms with Gasteiger partial charge in [0.1, 0.15) is 5.82 Å². The van der Waals surface area contributed by atoms with Gasteiger partial charge in [0, 0.05) is 25.3 Å². The first-order chi connectivity index (χ1) is 15.1. The second-order valence-electron chi connectivity index (χ2n) is 7.03. The standard InChI is InChI=1S/C22H20Cl2FN3O3S/c1-27(2)32(30,31)28(21-6-4-3-5-20(21)25)14-15-7-9-16(10-8-15)22(29)26-17-11-12-18(23)19(24)13-17/h3-13H,14H2,1-2H3,(H,26,29). The minimum Gasteiger partial charge on any atom is -0.322 e. The Bertz CT molecular complexity index is 1240. The maximum atomic E-state index is 14.4. The number of carbonyl (C=O) groups excluding carboxylic acids is 1. The second kappa shape index (κ2) is 9.87. The largest absolute Gasteiger partial charge is 0.322 e. The molecule has 3 aromatic carbocycles. The molecule has 0 aliphatic carbocycles. The van der Waals surface area contributed by atoms with Crippen molar-refractivity contribution in [2.75, 3.05) is 23.7 Å². The highest BCUT2D eigenvalue weighted by Gasteiger charge is 2.27. The predicted octanol–water partition coefficient (Wildman–Crippen LogP) is 5.20. The highest BCUT2D eigenvalue weighted by Crippen LogP contribution is 2.27. The zero-order valence-corrected chi connectivity index (χ0v) is 19.5. The van der Waals surface area contributed by atoms with Gasteiger partial charge in [0.25, 0.3) is 5.91 Å². The fraction of sp³-hybridized carbons (Fsp3) is 0.136. The lowest BCUT2D eigenvalue weighted by atomic mass is 10.1. The number of nitrogens with one attached hydrogen (secondary N) is 1. The smallest absolute Gasteiger partial charge is 0.303 e. The van der Waals surface area contributed by atoms with Crippen LogP contribution in [-0.4, -0.2) is 32.7 Å². The molecule has 0 spiro atoms. The van der Waals surface area contributed by atoms with Gasteiger partial charge in [-0.25, -0.2) is 4.39 Å². The fourth-order valence-corrected chi connectivity index (χ4v) is 4.25. The van der Waals surface area contributed by atoms with Gasteiger partial charge < -0.3 is 5.32 Å². The lowest BCUT2D eigenvalue weighted by molar-refractivity contribution is 0.102. The summed E-state index contributed by atoms with van der Waals surface area (Å²) < 4.78 is 42.0. The molecule has 168 valence electrons. The van der Waals surface area contributed by atoms with E-state index in [0.717, 1.165) is 8.61 Å². The molecule has 3 aromatic rings. The van der Waals surface area contributed by atoms with Crippen LogP contribution in [0.2, 0.25) is 10.0 Å². The highest BCUT2D eigenvalue weighted by atomic mass is 35.5. The molecule has 0 fully saturated rings. The summed E-state index contributed by atoms with van der Waals surface area (Å²) in [6.07, 6.45) is 0. The topological polar surface area (TPSA) is 69.7 Å². The van der Waals surface area contributed by atoms with E-state index in [1.807, 2.05) is 0 Å². The van der Waals surface area contributed by atoms with Crippen LogP contribution < -0.4 is 9.62 Å². The SMILES string of the molecule is CN(C)S(=O)(=O)N(Cc1ccc(C(=O)Nc2ccc(Cl)c(Cl)c2)cc1)c1ccccc1F. The zero-order valence-electron chi connectivity index (χ0n) is 17.2. The van der Waals surface area contributed by atoms with Crippen molar-refractivity contribution in [3.8, 4) is 0 Å². The number of amides is 1. The second-order valence-corrected chi connectivity index (χ2v) is 9.91. The minimum atomic E-state index is -3.96. The number of hydrogen-bond acceptors (Lipinski definition) is 3. The van der Waals surface area contributed by atoms with Crippen LogP contribution in [0, 0.1) is 5.82 Å². The summed E-state index contributed by atoms with van der Waals surface area (Å²) in [5, 5.41) is 3.41. The Hall–Kier alpha value is -2.65. The Kier molecular flexibility index (Phi) is 7.40. The molecule has 0 atom stereocenters. The van der Waals surface area contributed by atoms with Crippen LogP contribution in [-0.2, 0) is 16.8 Å². The van der Waals surface area contributed by atoms with Crippen molar-refractivity contribution >= 4 is 50.7 Å². The van der Waals surface area contributed by atoms with E-state index >= 15 is 0 Å². The molecule has 32 heavy (non-hydrogen) atoms. The Morgan fingerprint density at radius 1 is 0.969 bits per heavy atom. The Morgan fingerprint density at radius 3 is 2.22 bits per heavy atom. The lowest BCUT2D eigenvalue weighted by Gasteiger charge is -2.27. The molecular formula is C22H20Cl2FN3O3S. The van der Waals surface area contributed by atoms with Gasteiger partial charge in [0.15, 0.2) is 0 Å². The normalized spacial score (nSPS) is 11.4. The van der Waals surface area contributed by atoms with Crippen LogP contribution in [0.3, 0.4) is 0 Å². The van der Waals surface area contributed by atoms with Gasteiger partial charge >= 0.3 is 10.2 Å². The zero-order chi connectivity index (χ0) is 23.5. The fourth-order valence-electron chi connectivity index (χ4n) is 2.85. The van der Waals surface area contributed by atoms with Gasteiger partial charge in [-0.2, -0.15) is 12.7 Å². The van der Waals surface area contributed by atoms with Crippen LogP contribution in [0.25, 0.3) is 0 Å². The number of carbonyl (C=O) groups is 1. The Balaban J connectivity index is 1.82. The van der Waals surface area contributed by atoms with E-state index in [0.29, 0.717) is 26.9 Å². The molecule has 1 amide bonds. The van der Waals surface area contributed by atoms with E-state index < -0.39 is 16.0 Å². The average molecular weight is 496 g/mol. The molecule has 0 unspecified atom stereocenters. The molecule has 10 heteroatoms. The van der Waals surface area contributed by atoms with E-state index in [4.69, 9.17) is 23.2 Å². The monoisotopic (exact) mass is 495 g/mol. The number of nitrogens with zero attached hydrogens (tertiary/aromatic N) is 2. The molecule has 3 rings (SSSR count). The first-order valence-corrected chi connectivity index (χ1v) is 11.5. The molecule has 0 aliphatic rings. The van der Waals surface area contributed by atoms with E-state index in [2.05, 4.69) is 5.32 Å². The van der Waals surface area contributed by atoms with Gasteiger partial charge in [-0.05, 0) is 48.0 Å². The van der Waals surface area contributed by atoms with E-state index in [-0.39, 0.29) is 18.1 Å². The molecule has 0 aromatic heterocycles. The third-order valence-electron chi connectivity index (χ3n) is 4.58. The highest BCUT2D eigenvalue weighted by molar-refractivity contribution is 7.90. The van der Waals surface area contributed by atoms with Crippen molar-refractivity contribution in [3.05, 3.63) is 93.7 Å². The van der Waals surface area contributed by atoms with E-state index in [1.54, 1.807) is 42.5 Å². The summed E-state index contributed by atoms with van der Waals surface area (Å²) in [7, 11) is -1.21. The Labute approximate surface area is 196 Å². The predicted molar refractivity (Wildman–Crippen MR) is 126 cm³/mol. The van der Waals surface area contributed by atoms with Crippen LogP contribution >= 0.6 is 23.2 Å². The number of anilines is 2. The van der Waals surface area contributed by atoms with Gasteiger partial charge in [-0.1, -0.05) is 47.5 Å². The van der Waals surface area contributed by atoms with Crippen molar-refractivity contribution in [3.63, 3.8) is 0 Å². The molecule has 0 saturated carbocycles. The summed E-state index contributed by atoms with van der Waals surface area (Å²) in [5.74, 6) is -1.03. The molecule has 0 bridgehead atoms. The average Bonchev–Trinajstić information content (AvgIpc) is 2.75. The van der Waals surface area contributed by atoms with Crippen LogP contribution in [0.5, 0.6) is 0 Å². The lowest BCUT2D eigenvalue weighted by Crippen LogP contribution is -2.40. The van der Waals surface area contributed by atoms with Crippen LogP contribution in [0.1, 0.15) is 15.9 Å². The summed E-state index contributed by atoms with van der Waals surface area (Å²) in [5.41, 5.74) is 1.34. The van der Waals surface area contributed by atoms with Gasteiger partial charge in [-0.3, -0.25) is 9.10 Å². The first kappa shape index (κ1) is 24.0. The number of hydrogen-bond donors (Lipinski definition) is 1. The van der Waals surface area contributed by atoms with Gasteiger partial charge in [0.2, 0.25) is 0 Å². The molecule has 0 saturated heterocycles. The number of halogens is 3. The van der Waals surface area contributed by atoms with Crippen molar-refractivity contribution in [1.29, 1.82) is 0 Å². The van der Waals surface area contributed by atoms with Crippen LogP contribution in [0.4, 0.5) is 15.8 Å². The van der Waals surface area contributed by atoms with E-state index in [9.17, 15) is 17.6 Å². The number of para-hydroxylation sites is 1. The third kappa shape index (κ3) is 5.39. The first-order valence-electron chi connectivity index (χ1n) is 9.39. The maximum absolute atomic E-state index is 14.4. The number of rotatable bonds is 7. The van der Waals surface area contributed by atoms with Crippen molar-refractivity contribution in [2.24, 2.45) is 0 Å². The molecule has 6 nitrogen and oxygen atoms in total. The van der Waals surface area contributed by atoms with E-state index in [1.165, 1.54) is 38.4 Å². The van der Waals surface area contributed by atoms with Gasteiger partial charge in [-0.15, -0.1) is 0 Å². The molecule has 0 heterocycles. The van der Waals surface area contributed by atoms with Gasteiger partial charge in [0.05, 0.1) is 22.3 Å². The maximum Gasteiger partial charge on any atom is 0.303 e. The molecule has 0 radical (unpaired) electrons. The van der Waals surface area contributed by atoms with Crippen molar-refractivity contribution in [2.45, 2.75) is 6.54 Å². The summed E-state index contributed by atoms with van der Waals surface area (Å²) >= 11 is 11.8. The quantitative estimate of drug-likeness (QED) is 0.489. The summed E-state index contributed by atoms with van der Waals surface area (Å²) in [4.78, 5) is 12.5. The molecule has 1 N–H and O–H groups in total. The molecular weight excluding hydrogens is 476 g/mol.